The summed E-state index contributed by atoms with van der Waals surface area (Å²) in [5.74, 6) is 0.751. The number of benzene rings is 1. The number of halogens is 2. The van der Waals surface area contributed by atoms with Crippen LogP contribution in [0.3, 0.4) is 0 Å². The van der Waals surface area contributed by atoms with Gasteiger partial charge in [-0.05, 0) is 44.0 Å². The third-order valence-electron chi connectivity index (χ3n) is 4.41. The minimum absolute atomic E-state index is 0.182. The summed E-state index contributed by atoms with van der Waals surface area (Å²) in [7, 11) is 0. The van der Waals surface area contributed by atoms with E-state index >= 15 is 0 Å². The molecule has 120 valence electrons. The van der Waals surface area contributed by atoms with Gasteiger partial charge in [0, 0.05) is 23.7 Å². The van der Waals surface area contributed by atoms with Crippen LogP contribution in [0.1, 0.15) is 25.7 Å². The molecule has 0 spiro atoms. The van der Waals surface area contributed by atoms with Gasteiger partial charge in [-0.1, -0.05) is 23.2 Å². The van der Waals surface area contributed by atoms with Crippen LogP contribution in [0.4, 0.5) is 0 Å². The van der Waals surface area contributed by atoms with Gasteiger partial charge >= 0.3 is 0 Å². The maximum atomic E-state index is 12.5. The highest BCUT2D eigenvalue weighted by atomic mass is 35.5. The van der Waals surface area contributed by atoms with Gasteiger partial charge in [-0.15, -0.1) is 0 Å². The molecule has 2 aliphatic rings. The fourth-order valence-electron chi connectivity index (χ4n) is 3.36. The van der Waals surface area contributed by atoms with Crippen LogP contribution in [0, 0.1) is 0 Å². The van der Waals surface area contributed by atoms with Gasteiger partial charge in [0.05, 0.1) is 18.1 Å². The lowest BCUT2D eigenvalue weighted by molar-refractivity contribution is -0.134. The van der Waals surface area contributed by atoms with E-state index in [2.05, 4.69) is 10.2 Å². The SMILES string of the molecule is O=C(CCOc1ccc(Cl)cc1Cl)N1C2CCNCC1CC2. The smallest absolute Gasteiger partial charge is 0.226 e. The molecule has 0 aliphatic carbocycles. The Kier molecular flexibility index (Phi) is 5.11. The largest absolute Gasteiger partial charge is 0.491 e. The molecule has 1 N–H and O–H groups in total. The first-order valence-electron chi connectivity index (χ1n) is 7.75. The highest BCUT2D eigenvalue weighted by Gasteiger charge is 2.37. The van der Waals surface area contributed by atoms with Crippen LogP contribution in [-0.2, 0) is 4.79 Å². The van der Waals surface area contributed by atoms with Crippen molar-refractivity contribution in [3.8, 4) is 5.75 Å². The first kappa shape index (κ1) is 15.9. The zero-order chi connectivity index (χ0) is 15.5. The minimum atomic E-state index is 0.182. The second kappa shape index (κ2) is 7.07. The van der Waals surface area contributed by atoms with Crippen LogP contribution in [0.15, 0.2) is 18.2 Å². The van der Waals surface area contributed by atoms with Crippen molar-refractivity contribution in [2.75, 3.05) is 19.7 Å². The lowest BCUT2D eigenvalue weighted by atomic mass is 10.1. The third kappa shape index (κ3) is 3.50. The van der Waals surface area contributed by atoms with Crippen molar-refractivity contribution in [1.29, 1.82) is 0 Å². The van der Waals surface area contributed by atoms with Gasteiger partial charge in [-0.3, -0.25) is 4.79 Å². The Balaban J connectivity index is 1.54. The second-order valence-corrected chi connectivity index (χ2v) is 6.70. The van der Waals surface area contributed by atoms with Gasteiger partial charge in [-0.25, -0.2) is 0 Å². The molecular weight excluding hydrogens is 323 g/mol. The number of nitrogens with zero attached hydrogens (tertiary/aromatic N) is 1. The predicted octanol–water partition coefficient (Wildman–Crippen LogP) is 3.12. The molecule has 4 nitrogen and oxygen atoms in total. The van der Waals surface area contributed by atoms with Crippen LogP contribution in [0.2, 0.25) is 10.0 Å². The van der Waals surface area contributed by atoms with Gasteiger partial charge in [0.25, 0.3) is 0 Å². The Morgan fingerprint density at radius 3 is 2.91 bits per heavy atom. The molecule has 0 aromatic heterocycles. The number of fused-ring (bicyclic) bond motifs is 2. The normalized spacial score (nSPS) is 24.2. The molecule has 2 heterocycles. The van der Waals surface area contributed by atoms with E-state index in [0.717, 1.165) is 32.4 Å². The van der Waals surface area contributed by atoms with E-state index in [1.807, 2.05) is 0 Å². The molecule has 6 heteroatoms. The van der Waals surface area contributed by atoms with E-state index in [-0.39, 0.29) is 5.91 Å². The average molecular weight is 343 g/mol. The molecule has 1 amide bonds. The van der Waals surface area contributed by atoms with Crippen molar-refractivity contribution in [3.63, 3.8) is 0 Å². The first-order chi connectivity index (χ1) is 10.6. The highest BCUT2D eigenvalue weighted by Crippen LogP contribution is 2.29. The van der Waals surface area contributed by atoms with Crippen molar-refractivity contribution in [2.45, 2.75) is 37.8 Å². The summed E-state index contributed by atoms with van der Waals surface area (Å²) in [6, 6.07) is 5.84. The molecule has 2 saturated heterocycles. The van der Waals surface area contributed by atoms with E-state index in [1.54, 1.807) is 18.2 Å². The van der Waals surface area contributed by atoms with Gasteiger partial charge in [0.1, 0.15) is 5.75 Å². The molecule has 2 unspecified atom stereocenters. The zero-order valence-electron chi connectivity index (χ0n) is 12.4. The molecular formula is C16H20Cl2N2O2. The summed E-state index contributed by atoms with van der Waals surface area (Å²) in [5, 5.41) is 4.45. The molecule has 2 atom stereocenters. The summed E-state index contributed by atoms with van der Waals surface area (Å²) in [4.78, 5) is 14.6. The van der Waals surface area contributed by atoms with Crippen LogP contribution >= 0.6 is 23.2 Å². The maximum Gasteiger partial charge on any atom is 0.226 e. The molecule has 22 heavy (non-hydrogen) atoms. The molecule has 2 aliphatic heterocycles. The van der Waals surface area contributed by atoms with Gasteiger partial charge in [0.2, 0.25) is 5.91 Å². The van der Waals surface area contributed by atoms with Crippen molar-refractivity contribution < 1.29 is 9.53 Å². The van der Waals surface area contributed by atoms with E-state index in [4.69, 9.17) is 27.9 Å². The maximum absolute atomic E-state index is 12.5. The van der Waals surface area contributed by atoms with Crippen LogP contribution in [0.5, 0.6) is 5.75 Å². The van der Waals surface area contributed by atoms with Crippen LogP contribution in [-0.4, -0.2) is 42.6 Å². The molecule has 3 rings (SSSR count). The highest BCUT2D eigenvalue weighted by molar-refractivity contribution is 6.35. The number of carbonyl (C=O) groups is 1. The van der Waals surface area contributed by atoms with Gasteiger partial charge < -0.3 is 15.0 Å². The summed E-state index contributed by atoms with van der Waals surface area (Å²) in [6.07, 6.45) is 3.66. The number of hydrogen-bond donors (Lipinski definition) is 1. The topological polar surface area (TPSA) is 41.6 Å². The molecule has 1 aromatic rings. The number of hydrogen-bond acceptors (Lipinski definition) is 3. The van der Waals surface area contributed by atoms with E-state index < -0.39 is 0 Å². The van der Waals surface area contributed by atoms with E-state index in [0.29, 0.717) is 40.9 Å². The van der Waals surface area contributed by atoms with Crippen molar-refractivity contribution >= 4 is 29.1 Å². The lowest BCUT2D eigenvalue weighted by Crippen LogP contribution is -2.42. The monoisotopic (exact) mass is 342 g/mol. The zero-order valence-corrected chi connectivity index (χ0v) is 13.9. The van der Waals surface area contributed by atoms with E-state index in [1.165, 1.54) is 0 Å². The van der Waals surface area contributed by atoms with Gasteiger partial charge in [0.15, 0.2) is 0 Å². The molecule has 0 saturated carbocycles. The number of nitrogens with one attached hydrogen (secondary N) is 1. The Hall–Kier alpha value is -0.970. The quantitative estimate of drug-likeness (QED) is 0.913. The van der Waals surface area contributed by atoms with Crippen LogP contribution in [0.25, 0.3) is 0 Å². The van der Waals surface area contributed by atoms with E-state index in [9.17, 15) is 4.79 Å². The minimum Gasteiger partial charge on any atom is -0.491 e. The van der Waals surface area contributed by atoms with Crippen LogP contribution < -0.4 is 10.1 Å². The Labute approximate surface area is 140 Å². The second-order valence-electron chi connectivity index (χ2n) is 5.85. The van der Waals surface area contributed by atoms with Crippen molar-refractivity contribution in [1.82, 2.24) is 10.2 Å². The number of amides is 1. The Morgan fingerprint density at radius 1 is 1.27 bits per heavy atom. The fourth-order valence-corrected chi connectivity index (χ4v) is 3.82. The molecule has 0 radical (unpaired) electrons. The standard InChI is InChI=1S/C16H20Cl2N2O2/c17-11-1-4-15(14(18)9-11)22-8-6-16(21)20-12-2-3-13(20)10-19-7-5-12/h1,4,9,12-13,19H,2-3,5-8,10H2. The molecule has 1 aromatic carbocycles. The average Bonchev–Trinajstić information content (AvgIpc) is 2.74. The summed E-state index contributed by atoms with van der Waals surface area (Å²) in [6.45, 7) is 2.25. The third-order valence-corrected chi connectivity index (χ3v) is 4.94. The first-order valence-corrected chi connectivity index (χ1v) is 8.50. The summed E-state index contributed by atoms with van der Waals surface area (Å²) >= 11 is 11.9. The fraction of sp³-hybridized carbons (Fsp3) is 0.562. The summed E-state index contributed by atoms with van der Waals surface area (Å²) in [5.41, 5.74) is 0. The number of carbonyl (C=O) groups excluding carboxylic acids is 1. The number of ether oxygens (including phenoxy) is 1. The lowest BCUT2D eigenvalue weighted by Gasteiger charge is -2.28. The predicted molar refractivity (Wildman–Crippen MR) is 87.7 cm³/mol. The Morgan fingerprint density at radius 2 is 2.09 bits per heavy atom. The number of rotatable bonds is 4. The summed E-state index contributed by atoms with van der Waals surface area (Å²) < 4.78 is 5.62. The molecule has 2 bridgehead atoms. The molecule has 2 fully saturated rings. The van der Waals surface area contributed by atoms with Gasteiger partial charge in [-0.2, -0.15) is 0 Å². The van der Waals surface area contributed by atoms with Crippen molar-refractivity contribution in [3.05, 3.63) is 28.2 Å². The van der Waals surface area contributed by atoms with Crippen molar-refractivity contribution in [2.24, 2.45) is 0 Å². The Bertz CT molecular complexity index is 539.